The van der Waals surface area contributed by atoms with Crippen molar-refractivity contribution in [3.05, 3.63) is 18.0 Å². The first-order valence-electron chi connectivity index (χ1n) is 6.97. The SMILES string of the molecule is CCCCCCCNCc1cnn(C(C)C)c1. The summed E-state index contributed by atoms with van der Waals surface area (Å²) < 4.78 is 2.01. The summed E-state index contributed by atoms with van der Waals surface area (Å²) in [6.45, 7) is 8.62. The van der Waals surface area contributed by atoms with Gasteiger partial charge < -0.3 is 5.32 Å². The lowest BCUT2D eigenvalue weighted by Gasteiger charge is -2.04. The van der Waals surface area contributed by atoms with Crippen LogP contribution in [0.3, 0.4) is 0 Å². The molecule has 17 heavy (non-hydrogen) atoms. The minimum absolute atomic E-state index is 0.456. The number of aromatic nitrogens is 2. The van der Waals surface area contributed by atoms with Gasteiger partial charge in [0, 0.05) is 24.3 Å². The van der Waals surface area contributed by atoms with Crippen molar-refractivity contribution < 1.29 is 0 Å². The molecule has 3 nitrogen and oxygen atoms in total. The zero-order valence-corrected chi connectivity index (χ0v) is 11.6. The molecule has 0 aliphatic carbocycles. The molecule has 0 bridgehead atoms. The predicted octanol–water partition coefficient (Wildman–Crippen LogP) is 3.52. The Kier molecular flexibility index (Phi) is 6.94. The van der Waals surface area contributed by atoms with E-state index < -0.39 is 0 Å². The van der Waals surface area contributed by atoms with E-state index in [4.69, 9.17) is 0 Å². The average Bonchev–Trinajstić information content (AvgIpc) is 2.77. The zero-order valence-electron chi connectivity index (χ0n) is 11.6. The highest BCUT2D eigenvalue weighted by Crippen LogP contribution is 2.05. The molecular weight excluding hydrogens is 210 g/mol. The van der Waals surface area contributed by atoms with Crippen molar-refractivity contribution in [2.75, 3.05) is 6.54 Å². The highest BCUT2D eigenvalue weighted by Gasteiger charge is 2.00. The van der Waals surface area contributed by atoms with Crippen molar-refractivity contribution in [2.24, 2.45) is 0 Å². The maximum atomic E-state index is 4.33. The molecule has 0 radical (unpaired) electrons. The second-order valence-electron chi connectivity index (χ2n) is 5.01. The van der Waals surface area contributed by atoms with Crippen LogP contribution >= 0.6 is 0 Å². The molecule has 3 heteroatoms. The molecule has 1 rings (SSSR count). The summed E-state index contributed by atoms with van der Waals surface area (Å²) >= 11 is 0. The van der Waals surface area contributed by atoms with Crippen molar-refractivity contribution in [2.45, 2.75) is 65.5 Å². The summed E-state index contributed by atoms with van der Waals surface area (Å²) in [5, 5.41) is 7.81. The van der Waals surface area contributed by atoms with E-state index in [0.717, 1.165) is 13.1 Å². The highest BCUT2D eigenvalue weighted by molar-refractivity contribution is 5.03. The van der Waals surface area contributed by atoms with Gasteiger partial charge in [0.05, 0.1) is 6.20 Å². The van der Waals surface area contributed by atoms with E-state index in [2.05, 4.69) is 37.4 Å². The van der Waals surface area contributed by atoms with Crippen LogP contribution in [0.25, 0.3) is 0 Å². The molecule has 98 valence electrons. The first-order chi connectivity index (χ1) is 8.24. The van der Waals surface area contributed by atoms with Crippen LogP contribution in [0.4, 0.5) is 0 Å². The fourth-order valence-electron chi connectivity index (χ4n) is 1.84. The van der Waals surface area contributed by atoms with E-state index in [9.17, 15) is 0 Å². The summed E-state index contributed by atoms with van der Waals surface area (Å²) in [7, 11) is 0. The van der Waals surface area contributed by atoms with Gasteiger partial charge in [0.15, 0.2) is 0 Å². The topological polar surface area (TPSA) is 29.9 Å². The number of nitrogens with zero attached hydrogens (tertiary/aromatic N) is 2. The van der Waals surface area contributed by atoms with Crippen LogP contribution in [-0.4, -0.2) is 16.3 Å². The first-order valence-corrected chi connectivity index (χ1v) is 6.97. The lowest BCUT2D eigenvalue weighted by molar-refractivity contribution is 0.531. The summed E-state index contributed by atoms with van der Waals surface area (Å²) in [6.07, 6.45) is 10.8. The van der Waals surface area contributed by atoms with Crippen molar-refractivity contribution in [3.8, 4) is 0 Å². The molecule has 0 fully saturated rings. The lowest BCUT2D eigenvalue weighted by Crippen LogP contribution is -2.14. The monoisotopic (exact) mass is 237 g/mol. The van der Waals surface area contributed by atoms with Gasteiger partial charge in [-0.25, -0.2) is 0 Å². The number of hydrogen-bond donors (Lipinski definition) is 1. The Morgan fingerprint density at radius 1 is 1.24 bits per heavy atom. The Bertz CT molecular complexity index is 291. The van der Waals surface area contributed by atoms with Crippen molar-refractivity contribution in [3.63, 3.8) is 0 Å². The van der Waals surface area contributed by atoms with Crippen LogP contribution in [0, 0.1) is 0 Å². The summed E-state index contributed by atoms with van der Waals surface area (Å²) in [4.78, 5) is 0. The van der Waals surface area contributed by atoms with Gasteiger partial charge in [-0.2, -0.15) is 5.10 Å². The molecule has 0 aliphatic rings. The number of nitrogens with one attached hydrogen (secondary N) is 1. The molecule has 1 N–H and O–H groups in total. The van der Waals surface area contributed by atoms with Gasteiger partial charge in [-0.3, -0.25) is 4.68 Å². The summed E-state index contributed by atoms with van der Waals surface area (Å²) in [5.41, 5.74) is 1.28. The molecule has 0 atom stereocenters. The Balaban J connectivity index is 2.05. The largest absolute Gasteiger partial charge is 0.313 e. The van der Waals surface area contributed by atoms with Crippen LogP contribution in [0.2, 0.25) is 0 Å². The zero-order chi connectivity index (χ0) is 12.5. The van der Waals surface area contributed by atoms with Crippen molar-refractivity contribution >= 4 is 0 Å². The molecule has 1 aromatic heterocycles. The van der Waals surface area contributed by atoms with Gasteiger partial charge in [-0.1, -0.05) is 32.6 Å². The highest BCUT2D eigenvalue weighted by atomic mass is 15.3. The quantitative estimate of drug-likeness (QED) is 0.666. The van der Waals surface area contributed by atoms with E-state index in [1.165, 1.54) is 37.7 Å². The normalized spacial score (nSPS) is 11.3. The Labute approximate surface area is 106 Å². The molecule has 0 aliphatic heterocycles. The van der Waals surface area contributed by atoms with E-state index >= 15 is 0 Å². The van der Waals surface area contributed by atoms with Gasteiger partial charge in [0.25, 0.3) is 0 Å². The van der Waals surface area contributed by atoms with E-state index in [1.807, 2.05) is 10.9 Å². The molecule has 0 aromatic carbocycles. The first kappa shape index (κ1) is 14.2. The fraction of sp³-hybridized carbons (Fsp3) is 0.786. The smallest absolute Gasteiger partial charge is 0.0534 e. The van der Waals surface area contributed by atoms with E-state index in [0.29, 0.717) is 6.04 Å². The Morgan fingerprint density at radius 2 is 2.00 bits per heavy atom. The lowest BCUT2D eigenvalue weighted by atomic mass is 10.1. The van der Waals surface area contributed by atoms with Gasteiger partial charge >= 0.3 is 0 Å². The third-order valence-electron chi connectivity index (χ3n) is 2.97. The molecule has 0 saturated heterocycles. The van der Waals surface area contributed by atoms with Crippen LogP contribution in [0.1, 0.15) is 64.5 Å². The van der Waals surface area contributed by atoms with Gasteiger partial charge in [-0.15, -0.1) is 0 Å². The summed E-state index contributed by atoms with van der Waals surface area (Å²) in [5.74, 6) is 0. The fourth-order valence-corrected chi connectivity index (χ4v) is 1.84. The third-order valence-corrected chi connectivity index (χ3v) is 2.97. The maximum Gasteiger partial charge on any atom is 0.0534 e. The predicted molar refractivity (Wildman–Crippen MR) is 73.1 cm³/mol. The summed E-state index contributed by atoms with van der Waals surface area (Å²) in [6, 6.07) is 0.456. The number of hydrogen-bond acceptors (Lipinski definition) is 2. The number of rotatable bonds is 9. The van der Waals surface area contributed by atoms with Crippen LogP contribution in [0.5, 0.6) is 0 Å². The molecular formula is C14H27N3. The van der Waals surface area contributed by atoms with Crippen molar-refractivity contribution in [1.29, 1.82) is 0 Å². The molecule has 1 aromatic rings. The van der Waals surface area contributed by atoms with E-state index in [-0.39, 0.29) is 0 Å². The third kappa shape index (κ3) is 5.87. The van der Waals surface area contributed by atoms with Crippen LogP contribution < -0.4 is 5.32 Å². The van der Waals surface area contributed by atoms with Crippen LogP contribution in [0.15, 0.2) is 12.4 Å². The second-order valence-corrected chi connectivity index (χ2v) is 5.01. The molecule has 0 spiro atoms. The standard InChI is InChI=1S/C14H27N3/c1-4-5-6-7-8-9-15-10-14-11-16-17(12-14)13(2)3/h11-13,15H,4-10H2,1-3H3. The number of unbranched alkanes of at least 4 members (excludes halogenated alkanes) is 4. The van der Waals surface area contributed by atoms with Crippen LogP contribution in [-0.2, 0) is 6.54 Å². The van der Waals surface area contributed by atoms with E-state index in [1.54, 1.807) is 0 Å². The molecule has 0 saturated carbocycles. The van der Waals surface area contributed by atoms with Gasteiger partial charge in [0.1, 0.15) is 0 Å². The minimum atomic E-state index is 0.456. The minimum Gasteiger partial charge on any atom is -0.313 e. The van der Waals surface area contributed by atoms with Crippen molar-refractivity contribution in [1.82, 2.24) is 15.1 Å². The average molecular weight is 237 g/mol. The van der Waals surface area contributed by atoms with Gasteiger partial charge in [-0.05, 0) is 26.8 Å². The maximum absolute atomic E-state index is 4.33. The Hall–Kier alpha value is -0.830. The molecule has 1 heterocycles. The van der Waals surface area contributed by atoms with Gasteiger partial charge in [0.2, 0.25) is 0 Å². The molecule has 0 amide bonds. The Morgan fingerprint density at radius 3 is 2.65 bits per heavy atom. The second kappa shape index (κ2) is 8.29. The molecule has 0 unspecified atom stereocenters.